The Morgan fingerprint density at radius 3 is 2.70 bits per heavy atom. The molecule has 0 aliphatic carbocycles. The number of aliphatic hydroxyl groups is 1. The third kappa shape index (κ3) is 4.04. The average Bonchev–Trinajstić information content (AvgIpc) is 2.45. The van der Waals surface area contributed by atoms with Gasteiger partial charge in [-0.05, 0) is 24.1 Å². The molecule has 2 aromatic rings. The van der Waals surface area contributed by atoms with Crippen LogP contribution in [0.4, 0.5) is 5.95 Å². The van der Waals surface area contributed by atoms with Gasteiger partial charge in [0, 0.05) is 6.54 Å². The van der Waals surface area contributed by atoms with Crippen molar-refractivity contribution >= 4 is 17.5 Å². The van der Waals surface area contributed by atoms with Crippen LogP contribution in [-0.4, -0.2) is 33.2 Å². The van der Waals surface area contributed by atoms with Crippen molar-refractivity contribution in [1.82, 2.24) is 15.0 Å². The van der Waals surface area contributed by atoms with Gasteiger partial charge in [-0.25, -0.2) is 0 Å². The highest BCUT2D eigenvalue weighted by molar-refractivity contribution is 6.28. The van der Waals surface area contributed by atoms with E-state index >= 15 is 0 Å². The summed E-state index contributed by atoms with van der Waals surface area (Å²) < 4.78 is 5.17. The number of ether oxygens (including phenoxy) is 1. The van der Waals surface area contributed by atoms with E-state index in [1.807, 2.05) is 37.3 Å². The molecular formula is C13H15ClN4O2. The molecule has 0 fully saturated rings. The van der Waals surface area contributed by atoms with Gasteiger partial charge < -0.3 is 15.2 Å². The van der Waals surface area contributed by atoms with Gasteiger partial charge in [-0.1, -0.05) is 30.3 Å². The first-order chi connectivity index (χ1) is 9.69. The van der Waals surface area contributed by atoms with Crippen LogP contribution in [0, 0.1) is 0 Å². The summed E-state index contributed by atoms with van der Waals surface area (Å²) >= 11 is 5.77. The van der Waals surface area contributed by atoms with Crippen molar-refractivity contribution in [2.45, 2.75) is 13.0 Å². The minimum atomic E-state index is -0.665. The van der Waals surface area contributed by atoms with Gasteiger partial charge >= 0.3 is 6.01 Å². The fraction of sp³-hybridized carbons (Fsp3) is 0.308. The second-order valence-electron chi connectivity index (χ2n) is 3.95. The van der Waals surface area contributed by atoms with Crippen LogP contribution < -0.4 is 10.1 Å². The van der Waals surface area contributed by atoms with E-state index in [9.17, 15) is 5.11 Å². The second kappa shape index (κ2) is 7.02. The Hall–Kier alpha value is -1.92. The molecule has 1 aromatic heterocycles. The number of halogens is 1. The molecule has 7 heteroatoms. The van der Waals surface area contributed by atoms with Crippen LogP contribution in [0.1, 0.15) is 18.6 Å². The summed E-state index contributed by atoms with van der Waals surface area (Å²) in [4.78, 5) is 11.8. The molecule has 106 valence electrons. The molecule has 0 aliphatic rings. The Balaban J connectivity index is 2.00. The largest absolute Gasteiger partial charge is 0.464 e. The summed E-state index contributed by atoms with van der Waals surface area (Å²) in [6, 6.07) is 9.47. The van der Waals surface area contributed by atoms with E-state index in [-0.39, 0.29) is 23.8 Å². The van der Waals surface area contributed by atoms with Crippen molar-refractivity contribution in [3.63, 3.8) is 0 Å². The lowest BCUT2D eigenvalue weighted by molar-refractivity contribution is 0.191. The van der Waals surface area contributed by atoms with E-state index in [0.717, 1.165) is 5.56 Å². The molecule has 0 saturated carbocycles. The third-order valence-corrected chi connectivity index (χ3v) is 2.67. The highest BCUT2D eigenvalue weighted by Gasteiger charge is 2.09. The molecule has 1 heterocycles. The molecule has 1 atom stereocenters. The summed E-state index contributed by atoms with van der Waals surface area (Å²) in [6.45, 7) is 2.52. The van der Waals surface area contributed by atoms with Crippen molar-refractivity contribution in [1.29, 1.82) is 0 Å². The highest BCUT2D eigenvalue weighted by atomic mass is 35.5. The number of hydrogen-bond donors (Lipinski definition) is 2. The number of nitrogens with one attached hydrogen (secondary N) is 1. The predicted octanol–water partition coefficient (Wildman–Crippen LogP) is 2.07. The molecule has 0 spiro atoms. The van der Waals surface area contributed by atoms with Gasteiger partial charge in [0.05, 0.1) is 12.7 Å². The van der Waals surface area contributed by atoms with E-state index in [4.69, 9.17) is 16.3 Å². The number of aliphatic hydroxyl groups excluding tert-OH is 1. The van der Waals surface area contributed by atoms with Crippen molar-refractivity contribution in [3.05, 3.63) is 41.2 Å². The monoisotopic (exact) mass is 294 g/mol. The summed E-state index contributed by atoms with van der Waals surface area (Å²) in [5, 5.41) is 13.0. The van der Waals surface area contributed by atoms with Gasteiger partial charge in [0.1, 0.15) is 0 Å². The van der Waals surface area contributed by atoms with Crippen LogP contribution in [0.25, 0.3) is 0 Å². The maximum atomic E-state index is 10.0. The lowest BCUT2D eigenvalue weighted by Gasteiger charge is -2.12. The standard InChI is InChI=1S/C13H15ClN4O2/c1-2-20-13-17-11(14)16-12(18-13)15-8-10(19)9-6-4-3-5-7-9/h3-7,10,19H,2,8H2,1H3,(H,15,16,17,18). The Bertz CT molecular complexity index is 553. The van der Waals surface area contributed by atoms with E-state index in [1.54, 1.807) is 0 Å². The van der Waals surface area contributed by atoms with Crippen LogP contribution in [0.2, 0.25) is 5.28 Å². The lowest BCUT2D eigenvalue weighted by Crippen LogP contribution is -2.14. The number of aromatic nitrogens is 3. The quantitative estimate of drug-likeness (QED) is 0.849. The maximum absolute atomic E-state index is 10.0. The first-order valence-electron chi connectivity index (χ1n) is 6.20. The molecule has 1 aromatic carbocycles. The van der Waals surface area contributed by atoms with Crippen LogP contribution in [0.5, 0.6) is 6.01 Å². The van der Waals surface area contributed by atoms with Crippen LogP contribution in [-0.2, 0) is 0 Å². The maximum Gasteiger partial charge on any atom is 0.322 e. The predicted molar refractivity (Wildman–Crippen MR) is 75.9 cm³/mol. The molecule has 6 nitrogen and oxygen atoms in total. The fourth-order valence-corrected chi connectivity index (χ4v) is 1.74. The Morgan fingerprint density at radius 2 is 2.00 bits per heavy atom. The van der Waals surface area contributed by atoms with Crippen molar-refractivity contribution in [2.75, 3.05) is 18.5 Å². The number of anilines is 1. The van der Waals surface area contributed by atoms with E-state index < -0.39 is 6.10 Å². The van der Waals surface area contributed by atoms with E-state index in [1.165, 1.54) is 0 Å². The zero-order valence-corrected chi connectivity index (χ0v) is 11.7. The first kappa shape index (κ1) is 14.5. The number of nitrogens with zero attached hydrogens (tertiary/aromatic N) is 3. The Kier molecular flexibility index (Phi) is 5.09. The van der Waals surface area contributed by atoms with Gasteiger partial charge in [-0.3, -0.25) is 0 Å². The highest BCUT2D eigenvalue weighted by Crippen LogP contribution is 2.15. The van der Waals surface area contributed by atoms with Crippen molar-refractivity contribution in [3.8, 4) is 6.01 Å². The van der Waals surface area contributed by atoms with Crippen molar-refractivity contribution in [2.24, 2.45) is 0 Å². The van der Waals surface area contributed by atoms with Gasteiger partial charge in [0.15, 0.2) is 0 Å². The summed E-state index contributed by atoms with van der Waals surface area (Å²) in [5.74, 6) is 0.267. The molecular weight excluding hydrogens is 280 g/mol. The van der Waals surface area contributed by atoms with Crippen LogP contribution >= 0.6 is 11.6 Å². The molecule has 2 N–H and O–H groups in total. The lowest BCUT2D eigenvalue weighted by atomic mass is 10.1. The molecule has 0 amide bonds. The summed E-state index contributed by atoms with van der Waals surface area (Å²) in [6.07, 6.45) is -0.665. The zero-order chi connectivity index (χ0) is 14.4. The average molecular weight is 295 g/mol. The minimum absolute atomic E-state index is 0.0418. The number of hydrogen-bond acceptors (Lipinski definition) is 6. The smallest absolute Gasteiger partial charge is 0.322 e. The first-order valence-corrected chi connectivity index (χ1v) is 6.58. The molecule has 0 saturated heterocycles. The Morgan fingerprint density at radius 1 is 1.25 bits per heavy atom. The summed E-state index contributed by atoms with van der Waals surface area (Å²) in [5.41, 5.74) is 0.810. The number of rotatable bonds is 6. The SMILES string of the molecule is CCOc1nc(Cl)nc(NCC(O)c2ccccc2)n1. The molecule has 0 radical (unpaired) electrons. The van der Waals surface area contributed by atoms with Gasteiger partial charge in [-0.2, -0.15) is 15.0 Å². The molecule has 20 heavy (non-hydrogen) atoms. The van der Waals surface area contributed by atoms with Gasteiger partial charge in [0.2, 0.25) is 11.2 Å². The second-order valence-corrected chi connectivity index (χ2v) is 4.29. The molecule has 1 unspecified atom stereocenters. The number of benzene rings is 1. The van der Waals surface area contributed by atoms with Gasteiger partial charge in [-0.15, -0.1) is 0 Å². The normalized spacial score (nSPS) is 11.9. The Labute approximate surface area is 121 Å². The van der Waals surface area contributed by atoms with Crippen LogP contribution in [0.15, 0.2) is 30.3 Å². The molecule has 0 bridgehead atoms. The minimum Gasteiger partial charge on any atom is -0.464 e. The van der Waals surface area contributed by atoms with E-state index in [0.29, 0.717) is 6.61 Å². The van der Waals surface area contributed by atoms with Crippen molar-refractivity contribution < 1.29 is 9.84 Å². The zero-order valence-electron chi connectivity index (χ0n) is 11.0. The van der Waals surface area contributed by atoms with Gasteiger partial charge in [0.25, 0.3) is 0 Å². The van der Waals surface area contributed by atoms with E-state index in [2.05, 4.69) is 20.3 Å². The topological polar surface area (TPSA) is 80.2 Å². The molecule has 2 rings (SSSR count). The third-order valence-electron chi connectivity index (χ3n) is 2.50. The molecule has 0 aliphatic heterocycles. The fourth-order valence-electron chi connectivity index (χ4n) is 1.59. The summed E-state index contributed by atoms with van der Waals surface area (Å²) in [7, 11) is 0. The van der Waals surface area contributed by atoms with Crippen LogP contribution in [0.3, 0.4) is 0 Å².